The lowest BCUT2D eigenvalue weighted by molar-refractivity contribution is 1.39. The molecule has 0 bridgehead atoms. The number of hydrogen-bond acceptors (Lipinski definition) is 0. The van der Waals surface area contributed by atoms with E-state index in [-0.39, 0.29) is 0 Å². The monoisotopic (exact) mass is 410 g/mol. The molecule has 0 radical (unpaired) electrons. The third-order valence-electron chi connectivity index (χ3n) is 6.00. The molecule has 0 saturated heterocycles. The molecular formula is C30H22N2. The van der Waals surface area contributed by atoms with Crippen LogP contribution in [0.3, 0.4) is 0 Å². The number of hydrogen-bond donors (Lipinski definition) is 2. The van der Waals surface area contributed by atoms with E-state index in [1.165, 1.54) is 33.0 Å². The Bertz CT molecular complexity index is 1390. The largest absolute Gasteiger partial charge is 0.355 e. The van der Waals surface area contributed by atoms with Crippen LogP contribution >= 0.6 is 0 Å². The second-order valence-electron chi connectivity index (χ2n) is 8.08. The number of nitrogens with one attached hydrogen (secondary N) is 2. The molecule has 32 heavy (non-hydrogen) atoms. The van der Waals surface area contributed by atoms with E-state index < -0.39 is 0 Å². The van der Waals surface area contributed by atoms with Crippen molar-refractivity contribution in [3.63, 3.8) is 0 Å². The molecule has 0 aliphatic heterocycles. The molecule has 6 rings (SSSR count). The average Bonchev–Trinajstić information content (AvgIpc) is 3.55. The summed E-state index contributed by atoms with van der Waals surface area (Å²) in [6.07, 6.45) is 0. The van der Waals surface area contributed by atoms with Gasteiger partial charge in [0.15, 0.2) is 0 Å². The number of aromatic amines is 2. The van der Waals surface area contributed by atoms with Crippen LogP contribution in [-0.2, 0) is 0 Å². The highest BCUT2D eigenvalue weighted by Crippen LogP contribution is 2.30. The van der Waals surface area contributed by atoms with Gasteiger partial charge in [0.25, 0.3) is 0 Å². The number of benzene rings is 4. The van der Waals surface area contributed by atoms with Gasteiger partial charge in [0.2, 0.25) is 0 Å². The second-order valence-corrected chi connectivity index (χ2v) is 8.08. The second kappa shape index (κ2) is 7.75. The molecule has 0 amide bonds. The van der Waals surface area contributed by atoms with Crippen LogP contribution in [0.5, 0.6) is 0 Å². The van der Waals surface area contributed by atoms with Crippen LogP contribution < -0.4 is 0 Å². The van der Waals surface area contributed by atoms with Gasteiger partial charge in [-0.3, -0.25) is 0 Å². The Labute approximate surface area is 187 Å². The van der Waals surface area contributed by atoms with E-state index in [0.717, 1.165) is 22.8 Å². The minimum absolute atomic E-state index is 1.13. The average molecular weight is 411 g/mol. The zero-order chi connectivity index (χ0) is 21.3. The fraction of sp³-hybridized carbons (Fsp3) is 0. The first-order valence-corrected chi connectivity index (χ1v) is 10.9. The Balaban J connectivity index is 1.31. The fourth-order valence-electron chi connectivity index (χ4n) is 4.28. The van der Waals surface area contributed by atoms with Crippen molar-refractivity contribution in [1.82, 2.24) is 9.97 Å². The Kier molecular flexibility index (Phi) is 4.47. The summed E-state index contributed by atoms with van der Waals surface area (Å²) in [5.41, 5.74) is 9.32. The van der Waals surface area contributed by atoms with Crippen LogP contribution in [0.2, 0.25) is 0 Å². The van der Waals surface area contributed by atoms with Crippen molar-refractivity contribution in [3.05, 3.63) is 121 Å². The molecule has 6 aromatic rings. The smallest absolute Gasteiger partial charge is 0.0458 e. The van der Waals surface area contributed by atoms with Crippen molar-refractivity contribution >= 4 is 10.8 Å². The molecule has 152 valence electrons. The van der Waals surface area contributed by atoms with Gasteiger partial charge in [-0.1, -0.05) is 84.9 Å². The zero-order valence-corrected chi connectivity index (χ0v) is 17.5. The normalized spacial score (nSPS) is 11.1. The van der Waals surface area contributed by atoms with Gasteiger partial charge in [-0.05, 0) is 69.4 Å². The highest BCUT2D eigenvalue weighted by atomic mass is 14.7. The van der Waals surface area contributed by atoms with E-state index in [9.17, 15) is 0 Å². The van der Waals surface area contributed by atoms with Gasteiger partial charge in [-0.25, -0.2) is 0 Å². The molecule has 0 unspecified atom stereocenters. The summed E-state index contributed by atoms with van der Waals surface area (Å²) >= 11 is 0. The Morgan fingerprint density at radius 3 is 1.09 bits per heavy atom. The predicted molar refractivity (Wildman–Crippen MR) is 134 cm³/mol. The summed E-state index contributed by atoms with van der Waals surface area (Å²) in [7, 11) is 0. The summed E-state index contributed by atoms with van der Waals surface area (Å²) in [5.74, 6) is 0. The van der Waals surface area contributed by atoms with Gasteiger partial charge in [0.05, 0.1) is 0 Å². The van der Waals surface area contributed by atoms with Crippen molar-refractivity contribution < 1.29 is 0 Å². The molecule has 2 nitrogen and oxygen atoms in total. The number of H-pyrrole nitrogens is 2. The maximum absolute atomic E-state index is 3.56. The Hall–Kier alpha value is -4.30. The van der Waals surface area contributed by atoms with Crippen molar-refractivity contribution in [2.24, 2.45) is 0 Å². The van der Waals surface area contributed by atoms with Crippen molar-refractivity contribution in [3.8, 4) is 45.0 Å². The molecule has 2 aromatic heterocycles. The molecule has 0 fully saturated rings. The highest BCUT2D eigenvalue weighted by Gasteiger charge is 2.07. The SMILES string of the molecule is c1ccc(-c2ccc(-c3ccc4cc(-c5ccc(-c6ccccc6)[nH]5)ccc4c3)[nH]2)cc1. The maximum atomic E-state index is 3.56. The van der Waals surface area contributed by atoms with E-state index in [1.807, 2.05) is 12.1 Å². The van der Waals surface area contributed by atoms with Crippen LogP contribution in [-0.4, -0.2) is 9.97 Å². The lowest BCUT2D eigenvalue weighted by Gasteiger charge is -2.06. The zero-order valence-electron chi connectivity index (χ0n) is 17.5. The van der Waals surface area contributed by atoms with Crippen molar-refractivity contribution in [2.45, 2.75) is 0 Å². The molecule has 2 N–H and O–H groups in total. The van der Waals surface area contributed by atoms with E-state index in [2.05, 4.69) is 119 Å². The number of fused-ring (bicyclic) bond motifs is 1. The molecule has 0 aliphatic carbocycles. The van der Waals surface area contributed by atoms with Gasteiger partial charge in [-0.2, -0.15) is 0 Å². The molecule has 0 aliphatic rings. The number of rotatable bonds is 4. The Morgan fingerprint density at radius 2 is 0.688 bits per heavy atom. The fourth-order valence-corrected chi connectivity index (χ4v) is 4.28. The van der Waals surface area contributed by atoms with Crippen LogP contribution in [0, 0.1) is 0 Å². The standard InChI is InChI=1S/C30H22N2/c1-3-7-21(8-4-1)27-15-17-29(31-27)25-13-11-24-20-26(14-12-23(24)19-25)30-18-16-28(32-30)22-9-5-2-6-10-22/h1-20,31-32H. The van der Waals surface area contributed by atoms with E-state index in [1.54, 1.807) is 0 Å². The highest BCUT2D eigenvalue weighted by molar-refractivity contribution is 5.90. The van der Waals surface area contributed by atoms with E-state index in [4.69, 9.17) is 0 Å². The molecule has 2 heterocycles. The minimum Gasteiger partial charge on any atom is -0.355 e. The molecule has 4 aromatic carbocycles. The summed E-state index contributed by atoms with van der Waals surface area (Å²) in [6, 6.07) is 42.8. The van der Waals surface area contributed by atoms with Gasteiger partial charge in [0.1, 0.15) is 0 Å². The molecule has 0 atom stereocenters. The topological polar surface area (TPSA) is 31.6 Å². The van der Waals surface area contributed by atoms with Crippen LogP contribution in [0.1, 0.15) is 0 Å². The molecule has 0 saturated carbocycles. The third-order valence-corrected chi connectivity index (χ3v) is 6.00. The maximum Gasteiger partial charge on any atom is 0.0458 e. The summed E-state index contributed by atoms with van der Waals surface area (Å²) in [6.45, 7) is 0. The van der Waals surface area contributed by atoms with Gasteiger partial charge >= 0.3 is 0 Å². The van der Waals surface area contributed by atoms with Gasteiger partial charge in [-0.15, -0.1) is 0 Å². The van der Waals surface area contributed by atoms with Crippen molar-refractivity contribution in [1.29, 1.82) is 0 Å². The van der Waals surface area contributed by atoms with Gasteiger partial charge < -0.3 is 9.97 Å². The van der Waals surface area contributed by atoms with Crippen LogP contribution in [0.4, 0.5) is 0 Å². The van der Waals surface area contributed by atoms with Crippen LogP contribution in [0.15, 0.2) is 121 Å². The lowest BCUT2D eigenvalue weighted by atomic mass is 10.0. The van der Waals surface area contributed by atoms with Gasteiger partial charge in [0, 0.05) is 22.8 Å². The lowest BCUT2D eigenvalue weighted by Crippen LogP contribution is -1.83. The summed E-state index contributed by atoms with van der Waals surface area (Å²) < 4.78 is 0. The van der Waals surface area contributed by atoms with E-state index >= 15 is 0 Å². The summed E-state index contributed by atoms with van der Waals surface area (Å²) in [4.78, 5) is 7.12. The third kappa shape index (κ3) is 3.42. The predicted octanol–water partition coefficient (Wildman–Crippen LogP) is 8.16. The Morgan fingerprint density at radius 1 is 0.312 bits per heavy atom. The minimum atomic E-state index is 1.13. The van der Waals surface area contributed by atoms with Crippen LogP contribution in [0.25, 0.3) is 55.8 Å². The number of aromatic nitrogens is 2. The first-order valence-electron chi connectivity index (χ1n) is 10.9. The van der Waals surface area contributed by atoms with E-state index in [0.29, 0.717) is 0 Å². The molecular weight excluding hydrogens is 388 g/mol. The van der Waals surface area contributed by atoms with Crippen molar-refractivity contribution in [2.75, 3.05) is 0 Å². The molecule has 0 spiro atoms. The first-order chi connectivity index (χ1) is 15.8. The summed E-state index contributed by atoms with van der Waals surface area (Å²) in [5, 5.41) is 2.47. The molecule has 2 heteroatoms. The first kappa shape index (κ1) is 18.5. The quantitative estimate of drug-likeness (QED) is 0.294.